The average Bonchev–Trinajstić information content (AvgIpc) is 3.00. The van der Waals surface area contributed by atoms with E-state index in [1.54, 1.807) is 13.8 Å². The summed E-state index contributed by atoms with van der Waals surface area (Å²) in [5, 5.41) is 9.81. The van der Waals surface area contributed by atoms with Crippen LogP contribution in [0.1, 0.15) is 20.7 Å². The fraction of sp³-hybridized carbons (Fsp3) is 0.571. The molecule has 11 nitrogen and oxygen atoms in total. The van der Waals surface area contributed by atoms with Crippen LogP contribution in [-0.4, -0.2) is 55.8 Å². The molecule has 0 aliphatic carbocycles. The van der Waals surface area contributed by atoms with Gasteiger partial charge in [0.15, 0.2) is 11.2 Å². The number of hydrogen-bond donors (Lipinski definition) is 4. The number of nitrogens with one attached hydrogen (secondary N) is 1. The zero-order valence-electron chi connectivity index (χ0n) is 18.9. The third-order valence-electron chi connectivity index (χ3n) is 3.18. The van der Waals surface area contributed by atoms with Crippen LogP contribution in [0.5, 0.6) is 0 Å². The Hall–Kier alpha value is -2.21. The highest BCUT2D eigenvalue weighted by Crippen LogP contribution is 2.08. The van der Waals surface area contributed by atoms with E-state index in [1.807, 2.05) is 0 Å². The van der Waals surface area contributed by atoms with Gasteiger partial charge in [-0.25, -0.2) is 4.98 Å². The van der Waals surface area contributed by atoms with Crippen molar-refractivity contribution >= 4 is 35.5 Å². The number of carbonyl (C=O) groups is 1. The van der Waals surface area contributed by atoms with Crippen molar-refractivity contribution in [3.05, 3.63) is 16.7 Å². The number of H-pyrrole nitrogens is 1. The first-order valence-corrected chi connectivity index (χ1v) is 7.16. The van der Waals surface area contributed by atoms with Crippen LogP contribution in [0.2, 0.25) is 0 Å². The number of nitrogens with two attached hydrogens (primary N) is 2. The first-order chi connectivity index (χ1) is 13.6. The number of carbonyl (C=O) groups excluding carboxylic acids is 1. The van der Waals surface area contributed by atoms with E-state index in [0.717, 1.165) is 10.9 Å². The van der Waals surface area contributed by atoms with Crippen molar-refractivity contribution in [2.45, 2.75) is 32.7 Å². The number of ether oxygens (including phenoxy) is 2. The number of aromatic nitrogens is 4. The molecule has 6 N–H and O–H groups in total. The summed E-state index contributed by atoms with van der Waals surface area (Å²) in [4.78, 5) is 33.7. The molecule has 0 saturated heterocycles. The van der Waals surface area contributed by atoms with Gasteiger partial charge in [0, 0.05) is 0 Å². The van der Waals surface area contributed by atoms with Crippen molar-refractivity contribution in [2.24, 2.45) is 11.7 Å². The van der Waals surface area contributed by atoms with Crippen molar-refractivity contribution in [2.75, 3.05) is 18.9 Å². The molecule has 0 fully saturated rings. The van der Waals surface area contributed by atoms with Gasteiger partial charge < -0.3 is 26.0 Å². The van der Waals surface area contributed by atoms with Gasteiger partial charge in [-0.05, 0) is 5.92 Å². The van der Waals surface area contributed by atoms with E-state index >= 15 is 0 Å². The zero-order chi connectivity index (χ0) is 23.1. The molecule has 2 unspecified atom stereocenters. The highest BCUT2D eigenvalue weighted by molar-refractivity contribution is 5.85. The van der Waals surface area contributed by atoms with E-state index in [4.69, 9.17) is 23.1 Å². The van der Waals surface area contributed by atoms with Crippen molar-refractivity contribution in [1.82, 2.24) is 19.5 Å². The normalized spacial score (nSPS) is 18.6. The predicted molar refractivity (Wildman–Crippen MR) is 95.5 cm³/mol. The maximum atomic E-state index is 12.0. The number of fused-ring (bicyclic) bond motifs is 1. The van der Waals surface area contributed by atoms with Gasteiger partial charge in [0.25, 0.3) is 5.56 Å². The van der Waals surface area contributed by atoms with Gasteiger partial charge in [0.1, 0.15) is 25.4 Å². The minimum absolute atomic E-state index is 0. The molecular weight excluding hydrogens is 368 g/mol. The van der Waals surface area contributed by atoms with E-state index in [9.17, 15) is 14.7 Å². The second-order valence-corrected chi connectivity index (χ2v) is 5.35. The number of rotatable bonds is 8. The lowest BCUT2D eigenvalue weighted by Gasteiger charge is -2.19. The van der Waals surface area contributed by atoms with Gasteiger partial charge >= 0.3 is 5.97 Å². The van der Waals surface area contributed by atoms with Gasteiger partial charge in [-0.1, -0.05) is 13.8 Å². The van der Waals surface area contributed by atoms with Gasteiger partial charge in [-0.2, -0.15) is 4.98 Å². The Labute approximate surface area is 162 Å². The second-order valence-electron chi connectivity index (χ2n) is 5.35. The Morgan fingerprint density at radius 2 is 2.27 bits per heavy atom. The lowest BCUT2D eigenvalue weighted by Crippen LogP contribution is -2.39. The molecule has 2 atom stereocenters. The van der Waals surface area contributed by atoms with Crippen LogP contribution < -0.4 is 17.0 Å². The number of nitrogens with zero attached hydrogens (tertiary/aromatic N) is 3. The van der Waals surface area contributed by atoms with E-state index in [-0.39, 0.29) is 29.5 Å². The summed E-state index contributed by atoms with van der Waals surface area (Å²) in [6, 6.07) is -1.26. The van der Waals surface area contributed by atoms with Crippen LogP contribution in [0.25, 0.3) is 11.2 Å². The third kappa shape index (κ3) is 5.14. The first-order valence-electron chi connectivity index (χ1n) is 9.66. The van der Waals surface area contributed by atoms with Gasteiger partial charge in [-0.15, -0.1) is 12.4 Å². The number of esters is 1. The van der Waals surface area contributed by atoms with Crippen molar-refractivity contribution < 1.29 is 26.2 Å². The fourth-order valence-electron chi connectivity index (χ4n) is 1.72. The summed E-state index contributed by atoms with van der Waals surface area (Å²) >= 11 is 0. The van der Waals surface area contributed by atoms with Gasteiger partial charge in [0.2, 0.25) is 5.95 Å². The molecular formula is C14H23ClN6O5. The molecule has 0 amide bonds. The Morgan fingerprint density at radius 3 is 2.88 bits per heavy atom. The molecule has 0 aromatic carbocycles. The van der Waals surface area contributed by atoms with Crippen LogP contribution >= 0.6 is 12.4 Å². The Kier molecular flexibility index (Phi) is 5.43. The number of nitrogen functional groups attached to an aromatic ring is 1. The number of aromatic amines is 1. The molecule has 2 heterocycles. The lowest BCUT2D eigenvalue weighted by atomic mass is 10.1. The molecule has 146 valence electrons. The SMILES string of the molecule is Cl.[2H]C([2H])(O)C([2H])(OCn1cnc2c(=O)[nH]c(N)nc21)C([2H])([2H])OC(=O)C(N)C(C)C. The first kappa shape index (κ1) is 14.9. The Morgan fingerprint density at radius 1 is 1.58 bits per heavy atom. The Bertz CT molecular complexity index is 996. The minimum atomic E-state index is -3.64. The monoisotopic (exact) mass is 395 g/mol. The highest BCUT2D eigenvalue weighted by atomic mass is 35.5. The largest absolute Gasteiger partial charge is 0.462 e. The quantitative estimate of drug-likeness (QED) is 0.408. The average molecular weight is 396 g/mol. The lowest BCUT2D eigenvalue weighted by molar-refractivity contribution is -0.153. The highest BCUT2D eigenvalue weighted by Gasteiger charge is 2.21. The molecule has 2 aromatic heterocycles. The summed E-state index contributed by atoms with van der Waals surface area (Å²) in [5.41, 5.74) is 10.1. The molecule has 0 radical (unpaired) electrons. The van der Waals surface area contributed by atoms with Crippen molar-refractivity contribution in [3.8, 4) is 0 Å². The molecule has 0 aliphatic rings. The molecule has 26 heavy (non-hydrogen) atoms. The minimum Gasteiger partial charge on any atom is -0.462 e. The third-order valence-corrected chi connectivity index (χ3v) is 3.18. The maximum absolute atomic E-state index is 12.0. The van der Waals surface area contributed by atoms with Crippen molar-refractivity contribution in [3.63, 3.8) is 0 Å². The topological polar surface area (TPSA) is 171 Å². The van der Waals surface area contributed by atoms with Gasteiger partial charge in [-0.3, -0.25) is 19.1 Å². The van der Waals surface area contributed by atoms with Crippen LogP contribution in [0.4, 0.5) is 5.95 Å². The number of anilines is 1. The number of imidazole rings is 1. The summed E-state index contributed by atoms with van der Waals surface area (Å²) in [7, 11) is 0. The molecule has 2 rings (SSSR count). The van der Waals surface area contributed by atoms with Crippen molar-refractivity contribution in [1.29, 1.82) is 0 Å². The molecule has 12 heteroatoms. The van der Waals surface area contributed by atoms with E-state index < -0.39 is 49.4 Å². The second kappa shape index (κ2) is 9.48. The molecule has 2 aromatic rings. The molecule has 0 bridgehead atoms. The maximum Gasteiger partial charge on any atom is 0.323 e. The van der Waals surface area contributed by atoms with Crippen LogP contribution in [0.15, 0.2) is 11.1 Å². The molecule has 0 saturated carbocycles. The summed E-state index contributed by atoms with van der Waals surface area (Å²) < 4.78 is 49.5. The summed E-state index contributed by atoms with van der Waals surface area (Å²) in [6.45, 7) is -4.78. The number of hydrogen-bond acceptors (Lipinski definition) is 9. The molecule has 0 spiro atoms. The van der Waals surface area contributed by atoms with Crippen LogP contribution in [-0.2, 0) is 21.0 Å². The Balaban J connectivity index is 0.00000480. The van der Waals surface area contributed by atoms with Crippen LogP contribution in [0, 0.1) is 5.92 Å². The predicted octanol–water partition coefficient (Wildman–Crippen LogP) is -1.01. The van der Waals surface area contributed by atoms with E-state index in [1.165, 1.54) is 0 Å². The molecule has 0 aliphatic heterocycles. The summed E-state index contributed by atoms with van der Waals surface area (Å²) in [6.07, 6.45) is -2.41. The fourth-order valence-corrected chi connectivity index (χ4v) is 1.72. The summed E-state index contributed by atoms with van der Waals surface area (Å²) in [5.74, 6) is -1.95. The number of halogens is 1. The van der Waals surface area contributed by atoms with Gasteiger partial charge in [0.05, 0.1) is 19.7 Å². The van der Waals surface area contributed by atoms with E-state index in [0.29, 0.717) is 0 Å². The number of aliphatic hydroxyl groups is 1. The zero-order valence-corrected chi connectivity index (χ0v) is 14.7. The van der Waals surface area contributed by atoms with Crippen LogP contribution in [0.3, 0.4) is 0 Å². The standard InChI is InChI=1S/C14H22N6O5.ClH/c1-7(2)9(15)13(23)24-4-8(3-21)25-6-20-5-17-10-11(20)18-14(16)19-12(10)22;/h5,7-9,21H,3-4,6,15H2,1-2H3,(H3,16,18,19,22);1H/i3D2,4D2,8D;. The smallest absolute Gasteiger partial charge is 0.323 e. The van der Waals surface area contributed by atoms with E-state index in [2.05, 4.69) is 19.7 Å².